The van der Waals surface area contributed by atoms with Crippen LogP contribution in [-0.2, 0) is 0 Å². The van der Waals surface area contributed by atoms with Gasteiger partial charge in [-0.2, -0.15) is 0 Å². The fourth-order valence-corrected chi connectivity index (χ4v) is 4.15. The Morgan fingerprint density at radius 2 is 1.80 bits per heavy atom. The first kappa shape index (κ1) is 18.9. The van der Waals surface area contributed by atoms with Gasteiger partial charge in [-0.05, 0) is 70.7 Å². The topological polar surface area (TPSA) is 24.5 Å². The van der Waals surface area contributed by atoms with Crippen molar-refractivity contribution in [1.29, 1.82) is 0 Å². The molecular formula is C20H24Br2N2O. The quantitative estimate of drug-likeness (QED) is 0.615. The van der Waals surface area contributed by atoms with Crippen LogP contribution in [0.4, 0.5) is 0 Å². The summed E-state index contributed by atoms with van der Waals surface area (Å²) < 4.78 is 7.94. The Balaban J connectivity index is 1.55. The van der Waals surface area contributed by atoms with Gasteiger partial charge < -0.3 is 15.0 Å². The van der Waals surface area contributed by atoms with Crippen LogP contribution in [0.2, 0.25) is 0 Å². The van der Waals surface area contributed by atoms with Crippen LogP contribution in [-0.4, -0.2) is 37.6 Å². The van der Waals surface area contributed by atoms with Crippen molar-refractivity contribution in [3.63, 3.8) is 0 Å². The van der Waals surface area contributed by atoms with E-state index in [9.17, 15) is 0 Å². The van der Waals surface area contributed by atoms with Gasteiger partial charge in [0.25, 0.3) is 0 Å². The van der Waals surface area contributed by atoms with Gasteiger partial charge in [-0.25, -0.2) is 0 Å². The molecule has 1 saturated heterocycles. The van der Waals surface area contributed by atoms with Crippen LogP contribution in [0.1, 0.15) is 24.8 Å². The van der Waals surface area contributed by atoms with Crippen molar-refractivity contribution in [2.24, 2.45) is 0 Å². The maximum absolute atomic E-state index is 5.97. The Kier molecular flexibility index (Phi) is 6.93. The van der Waals surface area contributed by atoms with Crippen LogP contribution in [0.5, 0.6) is 11.5 Å². The summed E-state index contributed by atoms with van der Waals surface area (Å²) in [5.41, 5.74) is 1.37. The highest BCUT2D eigenvalue weighted by Crippen LogP contribution is 2.32. The smallest absolute Gasteiger partial charge is 0.141 e. The van der Waals surface area contributed by atoms with Crippen LogP contribution in [0, 0.1) is 0 Å². The van der Waals surface area contributed by atoms with Crippen LogP contribution in [0.3, 0.4) is 0 Å². The van der Waals surface area contributed by atoms with Gasteiger partial charge in [-0.15, -0.1) is 0 Å². The molecule has 0 bridgehead atoms. The molecule has 3 nitrogen and oxygen atoms in total. The average molecular weight is 468 g/mol. The van der Waals surface area contributed by atoms with E-state index < -0.39 is 0 Å². The summed E-state index contributed by atoms with van der Waals surface area (Å²) in [4.78, 5) is 2.55. The van der Waals surface area contributed by atoms with E-state index in [-0.39, 0.29) is 0 Å². The molecule has 134 valence electrons. The predicted molar refractivity (Wildman–Crippen MR) is 111 cm³/mol. The zero-order valence-electron chi connectivity index (χ0n) is 14.5. The van der Waals surface area contributed by atoms with Gasteiger partial charge >= 0.3 is 0 Å². The van der Waals surface area contributed by atoms with Crippen LogP contribution in [0.15, 0.2) is 51.4 Å². The first-order valence-electron chi connectivity index (χ1n) is 8.78. The number of nitrogens with zero attached hydrogens (tertiary/aromatic N) is 1. The second-order valence-corrected chi connectivity index (χ2v) is 8.30. The maximum atomic E-state index is 5.97. The summed E-state index contributed by atoms with van der Waals surface area (Å²) in [5.74, 6) is 2.24. The van der Waals surface area contributed by atoms with Gasteiger partial charge in [0.05, 0.1) is 4.47 Å². The Morgan fingerprint density at radius 3 is 2.48 bits per heavy atom. The Morgan fingerprint density at radius 1 is 1.08 bits per heavy atom. The van der Waals surface area contributed by atoms with Crippen molar-refractivity contribution < 1.29 is 4.74 Å². The average Bonchev–Trinajstić information content (AvgIpc) is 2.63. The van der Waals surface area contributed by atoms with E-state index in [1.165, 1.54) is 31.6 Å². The summed E-state index contributed by atoms with van der Waals surface area (Å²) in [6.45, 7) is 8.05. The first-order valence-corrected chi connectivity index (χ1v) is 10.4. The van der Waals surface area contributed by atoms with E-state index >= 15 is 0 Å². The minimum Gasteiger partial charge on any atom is -0.456 e. The molecule has 0 radical (unpaired) electrons. The van der Waals surface area contributed by atoms with Gasteiger partial charge in [0, 0.05) is 30.7 Å². The largest absolute Gasteiger partial charge is 0.456 e. The molecule has 1 aliphatic heterocycles. The maximum Gasteiger partial charge on any atom is 0.141 e. The van der Waals surface area contributed by atoms with E-state index in [1.54, 1.807) is 0 Å². The molecule has 3 rings (SSSR count). The summed E-state index contributed by atoms with van der Waals surface area (Å²) in [6.07, 6.45) is 1.19. The summed E-state index contributed by atoms with van der Waals surface area (Å²) in [7, 11) is 0. The summed E-state index contributed by atoms with van der Waals surface area (Å²) in [6, 6.07) is 14.4. The molecule has 25 heavy (non-hydrogen) atoms. The standard InChI is InChI=1S/C20H24Br2N2O/c1-15(8-11-24-12-9-23-10-13-24)16-2-5-18(6-3-16)25-20-7-4-17(21)14-19(20)22/h2-7,14-15,23H,8-13H2,1H3. The van der Waals surface area contributed by atoms with Crippen molar-refractivity contribution >= 4 is 31.9 Å². The van der Waals surface area contributed by atoms with Crippen molar-refractivity contribution in [1.82, 2.24) is 10.2 Å². The Hall–Kier alpha value is -0.880. The zero-order valence-corrected chi connectivity index (χ0v) is 17.6. The first-order chi connectivity index (χ1) is 12.1. The molecular weight excluding hydrogens is 444 g/mol. The lowest BCUT2D eigenvalue weighted by Gasteiger charge is -2.28. The normalized spacial score (nSPS) is 16.6. The molecule has 1 aliphatic rings. The lowest BCUT2D eigenvalue weighted by molar-refractivity contribution is 0.234. The molecule has 0 amide bonds. The molecule has 0 aliphatic carbocycles. The van der Waals surface area contributed by atoms with Crippen molar-refractivity contribution in [3.05, 3.63) is 57.0 Å². The molecule has 1 unspecified atom stereocenters. The number of piperazine rings is 1. The summed E-state index contributed by atoms with van der Waals surface area (Å²) >= 11 is 6.99. The predicted octanol–water partition coefficient (Wildman–Crippen LogP) is 5.40. The number of nitrogens with one attached hydrogen (secondary N) is 1. The highest BCUT2D eigenvalue weighted by molar-refractivity contribution is 9.11. The number of rotatable bonds is 6. The molecule has 2 aromatic carbocycles. The number of hydrogen-bond donors (Lipinski definition) is 1. The van der Waals surface area contributed by atoms with E-state index in [2.05, 4.69) is 73.3 Å². The highest BCUT2D eigenvalue weighted by Gasteiger charge is 2.12. The van der Waals surface area contributed by atoms with E-state index in [0.717, 1.165) is 33.5 Å². The molecule has 1 atom stereocenters. The number of ether oxygens (including phenoxy) is 1. The molecule has 1 fully saturated rings. The van der Waals surface area contributed by atoms with Crippen LogP contribution < -0.4 is 10.1 Å². The van der Waals surface area contributed by atoms with Crippen molar-refractivity contribution in [2.45, 2.75) is 19.3 Å². The van der Waals surface area contributed by atoms with E-state index in [0.29, 0.717) is 5.92 Å². The lowest BCUT2D eigenvalue weighted by atomic mass is 9.97. The van der Waals surface area contributed by atoms with Gasteiger partial charge in [-0.3, -0.25) is 0 Å². The SMILES string of the molecule is CC(CCN1CCNCC1)c1ccc(Oc2ccc(Br)cc2Br)cc1. The molecule has 2 aromatic rings. The third-order valence-electron chi connectivity index (χ3n) is 4.66. The molecule has 0 saturated carbocycles. The third-order valence-corrected chi connectivity index (χ3v) is 5.77. The zero-order chi connectivity index (χ0) is 17.6. The van der Waals surface area contributed by atoms with Gasteiger partial charge in [0.15, 0.2) is 0 Å². The van der Waals surface area contributed by atoms with Crippen LogP contribution in [0.25, 0.3) is 0 Å². The third kappa shape index (κ3) is 5.55. The fourth-order valence-electron chi connectivity index (χ4n) is 3.03. The minimum atomic E-state index is 0.559. The Bertz CT molecular complexity index is 685. The second kappa shape index (κ2) is 9.17. The summed E-state index contributed by atoms with van der Waals surface area (Å²) in [5, 5.41) is 3.41. The molecule has 5 heteroatoms. The minimum absolute atomic E-state index is 0.559. The van der Waals surface area contributed by atoms with Gasteiger partial charge in [-0.1, -0.05) is 35.0 Å². The van der Waals surface area contributed by atoms with Gasteiger partial charge in [0.2, 0.25) is 0 Å². The molecule has 0 aromatic heterocycles. The van der Waals surface area contributed by atoms with E-state index in [4.69, 9.17) is 4.74 Å². The van der Waals surface area contributed by atoms with E-state index in [1.807, 2.05) is 18.2 Å². The fraction of sp³-hybridized carbons (Fsp3) is 0.400. The molecule has 0 spiro atoms. The molecule has 1 heterocycles. The number of halogens is 2. The van der Waals surface area contributed by atoms with Crippen molar-refractivity contribution in [2.75, 3.05) is 32.7 Å². The van der Waals surface area contributed by atoms with Crippen LogP contribution >= 0.6 is 31.9 Å². The monoisotopic (exact) mass is 466 g/mol. The molecule has 1 N–H and O–H groups in total. The number of hydrogen-bond acceptors (Lipinski definition) is 3. The highest BCUT2D eigenvalue weighted by atomic mass is 79.9. The van der Waals surface area contributed by atoms with Crippen molar-refractivity contribution in [3.8, 4) is 11.5 Å². The Labute approximate surface area is 167 Å². The second-order valence-electron chi connectivity index (χ2n) is 6.53. The van der Waals surface area contributed by atoms with Gasteiger partial charge in [0.1, 0.15) is 11.5 Å². The lowest BCUT2D eigenvalue weighted by Crippen LogP contribution is -2.43. The number of benzene rings is 2.